The Labute approximate surface area is 108 Å². The highest BCUT2D eigenvalue weighted by Crippen LogP contribution is 2.57. The quantitative estimate of drug-likeness (QED) is 0.471. The molecule has 102 valence electrons. The van der Waals surface area contributed by atoms with Crippen molar-refractivity contribution in [1.82, 2.24) is 0 Å². The highest BCUT2D eigenvalue weighted by atomic mass is 32.1. The summed E-state index contributed by atoms with van der Waals surface area (Å²) in [5.74, 6) is -1.19. The zero-order valence-electron chi connectivity index (χ0n) is 9.94. The Morgan fingerprint density at radius 2 is 2.22 bits per heavy atom. The minimum atomic E-state index is -4.00. The number of nitrogens with zero attached hydrogens (tertiary/aromatic N) is 1. The number of ether oxygens (including phenoxy) is 1. The third kappa shape index (κ3) is 3.60. The van der Waals surface area contributed by atoms with Crippen LogP contribution in [0.5, 0.6) is 0 Å². The minimum absolute atomic E-state index is 0.0591. The van der Waals surface area contributed by atoms with Crippen molar-refractivity contribution in [3.63, 3.8) is 0 Å². The average molecular weight is 295 g/mol. The fraction of sp³-hybridized carbons (Fsp3) is 0.556. The van der Waals surface area contributed by atoms with Crippen LogP contribution in [0, 0.1) is 10.1 Å². The molecule has 0 aliphatic heterocycles. The molecule has 2 atom stereocenters. The van der Waals surface area contributed by atoms with E-state index in [0.717, 1.165) is 11.3 Å². The molecule has 1 heterocycles. The van der Waals surface area contributed by atoms with Gasteiger partial charge in [0.2, 0.25) is 0 Å². The lowest BCUT2D eigenvalue weighted by Gasteiger charge is -2.20. The average Bonchev–Trinajstić information content (AvgIpc) is 2.74. The summed E-state index contributed by atoms with van der Waals surface area (Å²) in [4.78, 5) is 19.8. The summed E-state index contributed by atoms with van der Waals surface area (Å²) in [7, 11) is -4.00. The standard InChI is InChI=1S/C9H14NO6PS/c1-3-15-9(17(13,14)16-4-2)7-5-8(10(11)12)18-6-7/h5-6,9H,3-4H2,1-2H3,(H,13,14). The first kappa shape index (κ1) is 15.3. The number of nitro groups is 1. The molecule has 18 heavy (non-hydrogen) atoms. The largest absolute Gasteiger partial charge is 0.361 e. The Morgan fingerprint density at radius 3 is 2.67 bits per heavy atom. The van der Waals surface area contributed by atoms with Crippen molar-refractivity contribution in [3.8, 4) is 0 Å². The third-order valence-electron chi connectivity index (χ3n) is 2.01. The van der Waals surface area contributed by atoms with Gasteiger partial charge >= 0.3 is 12.6 Å². The molecule has 0 radical (unpaired) electrons. The summed E-state index contributed by atoms with van der Waals surface area (Å²) in [6.45, 7) is 3.51. The van der Waals surface area contributed by atoms with E-state index in [9.17, 15) is 19.6 Å². The number of thiophene rings is 1. The van der Waals surface area contributed by atoms with E-state index in [1.165, 1.54) is 11.4 Å². The van der Waals surface area contributed by atoms with Gasteiger partial charge in [-0.1, -0.05) is 11.3 Å². The topological polar surface area (TPSA) is 98.9 Å². The van der Waals surface area contributed by atoms with Gasteiger partial charge in [0.05, 0.1) is 11.5 Å². The SMILES string of the molecule is CCOC(c1csc([N+](=O)[O-])c1)P(=O)(O)OCC. The maximum absolute atomic E-state index is 11.9. The van der Waals surface area contributed by atoms with Crippen LogP contribution < -0.4 is 0 Å². The van der Waals surface area contributed by atoms with Crippen molar-refractivity contribution < 1.29 is 23.6 Å². The first-order valence-electron chi connectivity index (χ1n) is 5.23. The molecule has 1 aromatic heterocycles. The van der Waals surface area contributed by atoms with Crippen LogP contribution in [0.3, 0.4) is 0 Å². The Hall–Kier alpha value is -0.790. The summed E-state index contributed by atoms with van der Waals surface area (Å²) in [5, 5.41) is 11.9. The van der Waals surface area contributed by atoms with E-state index in [1.807, 2.05) is 0 Å². The molecule has 0 saturated heterocycles. The molecule has 1 aromatic rings. The van der Waals surface area contributed by atoms with Crippen LogP contribution in [0.4, 0.5) is 5.00 Å². The van der Waals surface area contributed by atoms with Crippen molar-refractivity contribution in [1.29, 1.82) is 0 Å². The van der Waals surface area contributed by atoms with Gasteiger partial charge in [-0.05, 0) is 13.8 Å². The van der Waals surface area contributed by atoms with Crippen LogP contribution in [-0.2, 0) is 13.8 Å². The van der Waals surface area contributed by atoms with E-state index >= 15 is 0 Å². The van der Waals surface area contributed by atoms with E-state index in [0.29, 0.717) is 0 Å². The highest BCUT2D eigenvalue weighted by molar-refractivity contribution is 7.53. The van der Waals surface area contributed by atoms with Crippen LogP contribution in [0.15, 0.2) is 11.4 Å². The molecule has 7 nitrogen and oxygen atoms in total. The van der Waals surface area contributed by atoms with E-state index in [-0.39, 0.29) is 23.8 Å². The third-order valence-corrected chi connectivity index (χ3v) is 4.57. The van der Waals surface area contributed by atoms with Gasteiger partial charge < -0.3 is 14.2 Å². The molecule has 0 spiro atoms. The second kappa shape index (κ2) is 6.40. The summed E-state index contributed by atoms with van der Waals surface area (Å²) in [6.07, 6.45) is 0. The zero-order valence-corrected chi connectivity index (χ0v) is 11.6. The summed E-state index contributed by atoms with van der Waals surface area (Å²) >= 11 is 0.879. The van der Waals surface area contributed by atoms with Crippen LogP contribution in [0.2, 0.25) is 0 Å². The van der Waals surface area contributed by atoms with Gasteiger partial charge in [0.15, 0.2) is 5.85 Å². The number of hydrogen-bond acceptors (Lipinski definition) is 6. The van der Waals surface area contributed by atoms with Gasteiger partial charge in [0.25, 0.3) is 0 Å². The molecule has 9 heteroatoms. The van der Waals surface area contributed by atoms with Gasteiger partial charge in [-0.25, -0.2) is 0 Å². The summed E-state index contributed by atoms with van der Waals surface area (Å²) < 4.78 is 21.9. The predicted octanol–water partition coefficient (Wildman–Crippen LogP) is 2.91. The zero-order chi connectivity index (χ0) is 13.8. The molecular formula is C9H14NO6PS. The maximum Gasteiger partial charge on any atom is 0.361 e. The molecular weight excluding hydrogens is 281 g/mol. The van der Waals surface area contributed by atoms with E-state index in [1.54, 1.807) is 13.8 Å². The first-order valence-corrected chi connectivity index (χ1v) is 7.76. The fourth-order valence-electron chi connectivity index (χ4n) is 1.35. The van der Waals surface area contributed by atoms with Gasteiger partial charge in [-0.2, -0.15) is 0 Å². The lowest BCUT2D eigenvalue weighted by atomic mass is 10.3. The molecule has 0 aromatic carbocycles. The Bertz CT molecular complexity index is 462. The molecule has 0 bridgehead atoms. The minimum Gasteiger partial charge on any atom is -0.361 e. The lowest BCUT2D eigenvalue weighted by Crippen LogP contribution is -2.06. The number of rotatable bonds is 7. The summed E-state index contributed by atoms with van der Waals surface area (Å²) in [5.41, 5.74) is 0.285. The van der Waals surface area contributed by atoms with Crippen molar-refractivity contribution in [2.45, 2.75) is 19.7 Å². The molecule has 0 saturated carbocycles. The fourth-order valence-corrected chi connectivity index (χ4v) is 3.56. The second-order valence-corrected chi connectivity index (χ2v) is 6.01. The van der Waals surface area contributed by atoms with Crippen molar-refractivity contribution in [3.05, 3.63) is 27.1 Å². The predicted molar refractivity (Wildman–Crippen MR) is 66.8 cm³/mol. The summed E-state index contributed by atoms with van der Waals surface area (Å²) in [6, 6.07) is 1.23. The van der Waals surface area contributed by atoms with Gasteiger partial charge in [-0.15, -0.1) is 0 Å². The van der Waals surface area contributed by atoms with Crippen LogP contribution in [0.25, 0.3) is 0 Å². The molecule has 0 fully saturated rings. The van der Waals surface area contributed by atoms with E-state index in [4.69, 9.17) is 9.26 Å². The highest BCUT2D eigenvalue weighted by Gasteiger charge is 2.36. The lowest BCUT2D eigenvalue weighted by molar-refractivity contribution is -0.380. The second-order valence-electron chi connectivity index (χ2n) is 3.26. The maximum atomic E-state index is 11.9. The Balaban J connectivity index is 3.03. The van der Waals surface area contributed by atoms with Crippen molar-refractivity contribution >= 4 is 23.9 Å². The molecule has 2 unspecified atom stereocenters. The van der Waals surface area contributed by atoms with Crippen molar-refractivity contribution in [2.24, 2.45) is 0 Å². The smallest absolute Gasteiger partial charge is 0.361 e. The van der Waals surface area contributed by atoms with Gasteiger partial charge in [0, 0.05) is 23.6 Å². The van der Waals surface area contributed by atoms with E-state index in [2.05, 4.69) is 0 Å². The van der Waals surface area contributed by atoms with E-state index < -0.39 is 18.4 Å². The molecule has 0 amide bonds. The monoisotopic (exact) mass is 295 g/mol. The molecule has 0 aliphatic carbocycles. The van der Waals surface area contributed by atoms with Crippen molar-refractivity contribution in [2.75, 3.05) is 13.2 Å². The van der Waals surface area contributed by atoms with Gasteiger partial charge in [0.1, 0.15) is 0 Å². The molecule has 0 aliphatic rings. The number of hydrogen-bond donors (Lipinski definition) is 1. The van der Waals surface area contributed by atoms with Crippen LogP contribution in [0.1, 0.15) is 25.3 Å². The normalized spacial score (nSPS) is 16.2. The molecule has 1 N–H and O–H groups in total. The van der Waals surface area contributed by atoms with Crippen LogP contribution in [-0.4, -0.2) is 23.0 Å². The van der Waals surface area contributed by atoms with Gasteiger partial charge in [-0.3, -0.25) is 14.7 Å². The van der Waals surface area contributed by atoms with Crippen LogP contribution >= 0.6 is 18.9 Å². The molecule has 1 rings (SSSR count). The first-order chi connectivity index (χ1) is 8.42. The Kier molecular flexibility index (Phi) is 5.43. The Morgan fingerprint density at radius 1 is 1.56 bits per heavy atom.